The van der Waals surface area contributed by atoms with Crippen LogP contribution >= 0.6 is 0 Å². The number of hydrogen-bond acceptors (Lipinski definition) is 4. The SMILES string of the molecule is COc1ccc(F)c(C(C)N2CCCC(Cc3cc(C)nc(C)c3)C2)n1. The van der Waals surface area contributed by atoms with E-state index in [1.807, 2.05) is 20.8 Å². The molecule has 1 saturated heterocycles. The third-order valence-corrected chi connectivity index (χ3v) is 5.22. The molecule has 2 unspecified atom stereocenters. The fourth-order valence-corrected chi connectivity index (χ4v) is 4.01. The maximum Gasteiger partial charge on any atom is 0.213 e. The first-order valence-electron chi connectivity index (χ1n) is 9.35. The third-order valence-electron chi connectivity index (χ3n) is 5.22. The number of hydrogen-bond donors (Lipinski definition) is 0. The second kappa shape index (κ2) is 8.12. The summed E-state index contributed by atoms with van der Waals surface area (Å²) in [6.07, 6.45) is 3.38. The molecule has 1 fully saturated rings. The van der Waals surface area contributed by atoms with Crippen LogP contribution in [0, 0.1) is 25.6 Å². The molecule has 140 valence electrons. The van der Waals surface area contributed by atoms with Gasteiger partial charge in [-0.2, -0.15) is 0 Å². The number of nitrogens with zero attached hydrogens (tertiary/aromatic N) is 3. The predicted octanol–water partition coefficient (Wildman–Crippen LogP) is 4.26. The second-order valence-corrected chi connectivity index (χ2v) is 7.36. The second-order valence-electron chi connectivity index (χ2n) is 7.36. The van der Waals surface area contributed by atoms with Gasteiger partial charge in [-0.15, -0.1) is 0 Å². The molecular weight excluding hydrogens is 329 g/mol. The maximum atomic E-state index is 14.3. The maximum absolute atomic E-state index is 14.3. The fourth-order valence-electron chi connectivity index (χ4n) is 4.01. The van der Waals surface area contributed by atoms with Crippen LogP contribution < -0.4 is 4.74 Å². The highest BCUT2D eigenvalue weighted by molar-refractivity contribution is 5.22. The van der Waals surface area contributed by atoms with E-state index in [9.17, 15) is 4.39 Å². The molecule has 5 heteroatoms. The third kappa shape index (κ3) is 4.39. The van der Waals surface area contributed by atoms with E-state index in [4.69, 9.17) is 4.74 Å². The van der Waals surface area contributed by atoms with Crippen molar-refractivity contribution in [2.75, 3.05) is 20.2 Å². The van der Waals surface area contributed by atoms with E-state index in [1.165, 1.54) is 18.1 Å². The van der Waals surface area contributed by atoms with Gasteiger partial charge in [-0.25, -0.2) is 9.37 Å². The Balaban J connectivity index is 1.71. The first kappa shape index (κ1) is 18.8. The molecule has 0 spiro atoms. The molecule has 3 heterocycles. The van der Waals surface area contributed by atoms with Crippen molar-refractivity contribution in [3.05, 3.63) is 52.7 Å². The summed E-state index contributed by atoms with van der Waals surface area (Å²) < 4.78 is 19.5. The summed E-state index contributed by atoms with van der Waals surface area (Å²) in [5.74, 6) is 0.770. The van der Waals surface area contributed by atoms with Crippen LogP contribution in [-0.4, -0.2) is 35.1 Å². The van der Waals surface area contributed by atoms with Crippen molar-refractivity contribution in [1.29, 1.82) is 0 Å². The highest BCUT2D eigenvalue weighted by atomic mass is 19.1. The van der Waals surface area contributed by atoms with Gasteiger partial charge in [-0.05, 0) is 76.3 Å². The standard InChI is InChI=1S/C21H28FN3O/c1-14-10-18(11-15(2)23-14)12-17-6-5-9-25(13-17)16(3)21-19(22)7-8-20(24-21)26-4/h7-8,10-11,16-17H,5-6,9,12-13H2,1-4H3. The van der Waals surface area contributed by atoms with Gasteiger partial charge in [0, 0.05) is 24.0 Å². The largest absolute Gasteiger partial charge is 0.481 e. The van der Waals surface area contributed by atoms with Crippen molar-refractivity contribution in [1.82, 2.24) is 14.9 Å². The Morgan fingerprint density at radius 1 is 1.23 bits per heavy atom. The van der Waals surface area contributed by atoms with Crippen LogP contribution in [0.5, 0.6) is 5.88 Å². The smallest absolute Gasteiger partial charge is 0.213 e. The van der Waals surface area contributed by atoms with E-state index in [0.717, 1.165) is 37.3 Å². The molecule has 2 aromatic rings. The van der Waals surface area contributed by atoms with Gasteiger partial charge in [0.2, 0.25) is 5.88 Å². The molecule has 1 aliphatic heterocycles. The lowest BCUT2D eigenvalue weighted by atomic mass is 9.90. The minimum atomic E-state index is -0.263. The Morgan fingerprint density at radius 3 is 2.65 bits per heavy atom. The highest BCUT2D eigenvalue weighted by Crippen LogP contribution is 2.29. The van der Waals surface area contributed by atoms with Gasteiger partial charge in [0.05, 0.1) is 18.8 Å². The molecule has 0 N–H and O–H groups in total. The first-order chi connectivity index (χ1) is 12.5. The summed E-state index contributed by atoms with van der Waals surface area (Å²) >= 11 is 0. The number of aryl methyl sites for hydroxylation is 2. The summed E-state index contributed by atoms with van der Waals surface area (Å²) in [6, 6.07) is 7.31. The van der Waals surface area contributed by atoms with Gasteiger partial charge in [-0.1, -0.05) is 0 Å². The minimum Gasteiger partial charge on any atom is -0.481 e. The highest BCUT2D eigenvalue weighted by Gasteiger charge is 2.27. The molecule has 4 nitrogen and oxygen atoms in total. The van der Waals surface area contributed by atoms with E-state index in [-0.39, 0.29) is 11.9 Å². The Kier molecular flexibility index (Phi) is 5.87. The fraction of sp³-hybridized carbons (Fsp3) is 0.524. The zero-order valence-corrected chi connectivity index (χ0v) is 16.1. The lowest BCUT2D eigenvalue weighted by Crippen LogP contribution is -2.38. The van der Waals surface area contributed by atoms with E-state index in [0.29, 0.717) is 17.5 Å². The average molecular weight is 357 g/mol. The number of halogens is 1. The van der Waals surface area contributed by atoms with Crippen molar-refractivity contribution in [3.8, 4) is 5.88 Å². The monoisotopic (exact) mass is 357 g/mol. The normalized spacial score (nSPS) is 19.3. The van der Waals surface area contributed by atoms with Gasteiger partial charge in [0.15, 0.2) is 0 Å². The van der Waals surface area contributed by atoms with E-state index in [2.05, 4.69) is 27.0 Å². The molecule has 3 rings (SSSR count). The molecule has 2 aromatic heterocycles. The van der Waals surface area contributed by atoms with E-state index < -0.39 is 0 Å². The quantitative estimate of drug-likeness (QED) is 0.801. The zero-order chi connectivity index (χ0) is 18.7. The molecule has 0 amide bonds. The summed E-state index contributed by atoms with van der Waals surface area (Å²) in [7, 11) is 1.56. The lowest BCUT2D eigenvalue weighted by molar-refractivity contribution is 0.126. The topological polar surface area (TPSA) is 38.2 Å². The molecule has 0 radical (unpaired) electrons. The van der Waals surface area contributed by atoms with E-state index in [1.54, 1.807) is 13.2 Å². The van der Waals surface area contributed by atoms with Gasteiger partial charge in [-0.3, -0.25) is 9.88 Å². The molecule has 2 atom stereocenters. The van der Waals surface area contributed by atoms with Gasteiger partial charge in [0.25, 0.3) is 0 Å². The summed E-state index contributed by atoms with van der Waals surface area (Å²) in [4.78, 5) is 11.2. The summed E-state index contributed by atoms with van der Waals surface area (Å²) in [5, 5.41) is 0. The Labute approximate surface area is 155 Å². The molecule has 0 aliphatic carbocycles. The van der Waals surface area contributed by atoms with Crippen LogP contribution in [-0.2, 0) is 6.42 Å². The van der Waals surface area contributed by atoms with Crippen LogP contribution in [0.3, 0.4) is 0 Å². The molecule has 0 aromatic carbocycles. The van der Waals surface area contributed by atoms with Crippen LogP contribution in [0.2, 0.25) is 0 Å². The Morgan fingerprint density at radius 2 is 1.96 bits per heavy atom. The number of aromatic nitrogens is 2. The Bertz CT molecular complexity index is 745. The zero-order valence-electron chi connectivity index (χ0n) is 16.1. The van der Waals surface area contributed by atoms with Crippen molar-refractivity contribution >= 4 is 0 Å². The van der Waals surface area contributed by atoms with Crippen molar-refractivity contribution in [2.45, 2.75) is 46.1 Å². The summed E-state index contributed by atoms with van der Waals surface area (Å²) in [6.45, 7) is 8.06. The molecule has 26 heavy (non-hydrogen) atoms. The minimum absolute atomic E-state index is 0.0613. The number of piperidine rings is 1. The predicted molar refractivity (Wildman–Crippen MR) is 101 cm³/mol. The van der Waals surface area contributed by atoms with Crippen LogP contribution in [0.4, 0.5) is 4.39 Å². The molecule has 1 aliphatic rings. The number of methoxy groups -OCH3 is 1. The Hall–Kier alpha value is -2.01. The van der Waals surface area contributed by atoms with Crippen LogP contribution in [0.1, 0.15) is 48.5 Å². The molecular formula is C21H28FN3O. The number of likely N-dealkylation sites (tertiary alicyclic amines) is 1. The van der Waals surface area contributed by atoms with Crippen LogP contribution in [0.25, 0.3) is 0 Å². The molecule has 0 bridgehead atoms. The number of pyridine rings is 2. The lowest BCUT2D eigenvalue weighted by Gasteiger charge is -2.36. The van der Waals surface area contributed by atoms with Gasteiger partial charge in [0.1, 0.15) is 5.82 Å². The summed E-state index contributed by atoms with van der Waals surface area (Å²) in [5.41, 5.74) is 3.97. The van der Waals surface area contributed by atoms with Crippen molar-refractivity contribution in [2.24, 2.45) is 5.92 Å². The molecule has 0 saturated carbocycles. The number of rotatable bonds is 5. The van der Waals surface area contributed by atoms with Gasteiger partial charge < -0.3 is 4.74 Å². The number of ether oxygens (including phenoxy) is 1. The first-order valence-corrected chi connectivity index (χ1v) is 9.35. The van der Waals surface area contributed by atoms with Crippen molar-refractivity contribution in [3.63, 3.8) is 0 Å². The van der Waals surface area contributed by atoms with Crippen LogP contribution in [0.15, 0.2) is 24.3 Å². The van der Waals surface area contributed by atoms with Crippen molar-refractivity contribution < 1.29 is 9.13 Å². The van der Waals surface area contributed by atoms with Gasteiger partial charge >= 0.3 is 0 Å². The average Bonchev–Trinajstić information content (AvgIpc) is 2.61. The van der Waals surface area contributed by atoms with E-state index >= 15 is 0 Å².